The lowest BCUT2D eigenvalue weighted by atomic mass is 10.5. The molecule has 0 unspecified atom stereocenters. The van der Waals surface area contributed by atoms with Crippen molar-refractivity contribution < 1.29 is 13.6 Å². The van der Waals surface area contributed by atoms with Crippen LogP contribution in [0.5, 0.6) is 0 Å². The fourth-order valence-corrected chi connectivity index (χ4v) is 3.45. The summed E-state index contributed by atoms with van der Waals surface area (Å²) in [5.74, 6) is 0. The molecule has 0 atom stereocenters. The summed E-state index contributed by atoms with van der Waals surface area (Å²) in [6, 6.07) is 0. The van der Waals surface area contributed by atoms with Gasteiger partial charge in [-0.15, -0.1) is 6.58 Å². The highest BCUT2D eigenvalue weighted by Gasteiger charge is 2.23. The molecule has 84 valence electrons. The predicted molar refractivity (Wildman–Crippen MR) is 62.9 cm³/mol. The molecule has 0 radical (unpaired) electrons. The van der Waals surface area contributed by atoms with Gasteiger partial charge >= 0.3 is 6.72 Å². The van der Waals surface area contributed by atoms with Crippen LogP contribution in [0.25, 0.3) is 0 Å². The van der Waals surface area contributed by atoms with Crippen molar-refractivity contribution in [1.29, 1.82) is 0 Å². The van der Waals surface area contributed by atoms with Crippen LogP contribution in [-0.4, -0.2) is 18.8 Å². The number of hydrogen-bond donors (Lipinski definition) is 0. The maximum Gasteiger partial charge on any atom is 0.327 e. The second-order valence-electron chi connectivity index (χ2n) is 3.34. The van der Waals surface area contributed by atoms with Gasteiger partial charge in [0.2, 0.25) is 0 Å². The topological polar surface area (TPSA) is 27.7 Å². The lowest BCUT2D eigenvalue weighted by molar-refractivity contribution is 0.116. The summed E-state index contributed by atoms with van der Waals surface area (Å²) in [6.07, 6.45) is 1.64. The zero-order valence-corrected chi connectivity index (χ0v) is 10.9. The Balaban J connectivity index is 4.32. The van der Waals surface area contributed by atoms with Crippen LogP contribution in [0.15, 0.2) is 12.7 Å². The van der Waals surface area contributed by atoms with Crippen molar-refractivity contribution >= 4 is 18.5 Å². The van der Waals surface area contributed by atoms with Gasteiger partial charge in [0.1, 0.15) is 0 Å². The maximum absolute atomic E-state index is 5.48. The van der Waals surface area contributed by atoms with E-state index in [2.05, 4.69) is 6.58 Å². The number of rotatable bonds is 7. The van der Waals surface area contributed by atoms with Gasteiger partial charge in [-0.1, -0.05) is 6.08 Å². The van der Waals surface area contributed by atoms with Crippen molar-refractivity contribution in [2.45, 2.75) is 39.9 Å². The molecule has 0 aliphatic carbocycles. The van der Waals surface area contributed by atoms with E-state index in [-0.39, 0.29) is 12.2 Å². The zero-order chi connectivity index (χ0) is 11.2. The molecule has 5 heteroatoms. The Bertz CT molecular complexity index is 202. The van der Waals surface area contributed by atoms with E-state index in [1.807, 2.05) is 27.7 Å². The molecule has 0 saturated carbocycles. The average molecular weight is 238 g/mol. The van der Waals surface area contributed by atoms with Crippen LogP contribution >= 0.6 is 6.72 Å². The van der Waals surface area contributed by atoms with Crippen LogP contribution in [0.1, 0.15) is 27.7 Å². The SMILES string of the molecule is C=CCOP(=S)(OC(C)C)OC(C)C. The summed E-state index contributed by atoms with van der Waals surface area (Å²) in [5, 5.41) is 0. The van der Waals surface area contributed by atoms with E-state index >= 15 is 0 Å². The van der Waals surface area contributed by atoms with Gasteiger partial charge in [0, 0.05) is 0 Å². The van der Waals surface area contributed by atoms with Crippen LogP contribution < -0.4 is 0 Å². The Hall–Kier alpha value is 0.270. The molecule has 0 fully saturated rings. The molecule has 0 aromatic rings. The van der Waals surface area contributed by atoms with Crippen molar-refractivity contribution in [3.05, 3.63) is 12.7 Å². The first-order chi connectivity index (χ1) is 6.39. The summed E-state index contributed by atoms with van der Waals surface area (Å²) < 4.78 is 16.3. The summed E-state index contributed by atoms with van der Waals surface area (Å²) in [4.78, 5) is 0. The fraction of sp³-hybridized carbons (Fsp3) is 0.778. The van der Waals surface area contributed by atoms with Crippen LogP contribution in [0.4, 0.5) is 0 Å². The van der Waals surface area contributed by atoms with Gasteiger partial charge < -0.3 is 13.6 Å². The zero-order valence-electron chi connectivity index (χ0n) is 9.23. The summed E-state index contributed by atoms with van der Waals surface area (Å²) in [5.41, 5.74) is 0. The van der Waals surface area contributed by atoms with Crippen LogP contribution in [-0.2, 0) is 25.4 Å². The molecule has 0 aliphatic heterocycles. The first-order valence-electron chi connectivity index (χ1n) is 4.62. The van der Waals surface area contributed by atoms with E-state index in [1.165, 1.54) is 0 Å². The molecule has 0 spiro atoms. The van der Waals surface area contributed by atoms with Crippen molar-refractivity contribution in [2.24, 2.45) is 0 Å². The van der Waals surface area contributed by atoms with Crippen LogP contribution in [0, 0.1) is 0 Å². The smallest absolute Gasteiger partial charge is 0.306 e. The molecule has 0 rings (SSSR count). The van der Waals surface area contributed by atoms with Crippen LogP contribution in [0.2, 0.25) is 0 Å². The van der Waals surface area contributed by atoms with Crippen molar-refractivity contribution in [2.75, 3.05) is 6.61 Å². The summed E-state index contributed by atoms with van der Waals surface area (Å²) in [6.45, 7) is 8.95. The predicted octanol–water partition coefficient (Wildman–Crippen LogP) is 3.26. The minimum Gasteiger partial charge on any atom is -0.306 e. The molecule has 0 heterocycles. The normalized spacial score (nSPS) is 12.4. The van der Waals surface area contributed by atoms with Crippen molar-refractivity contribution in [3.63, 3.8) is 0 Å². The molecular weight excluding hydrogens is 219 g/mol. The second kappa shape index (κ2) is 6.70. The molecule has 0 aromatic heterocycles. The Morgan fingerprint density at radius 1 is 1.21 bits per heavy atom. The average Bonchev–Trinajstić information content (AvgIpc) is 1.97. The molecule has 0 N–H and O–H groups in total. The largest absolute Gasteiger partial charge is 0.327 e. The Kier molecular flexibility index (Phi) is 6.83. The van der Waals surface area contributed by atoms with Gasteiger partial charge in [-0.25, -0.2) is 0 Å². The molecule has 3 nitrogen and oxygen atoms in total. The van der Waals surface area contributed by atoms with E-state index in [9.17, 15) is 0 Å². The van der Waals surface area contributed by atoms with Crippen molar-refractivity contribution in [3.8, 4) is 0 Å². The minimum atomic E-state index is -2.59. The molecule has 0 bridgehead atoms. The third-order valence-electron chi connectivity index (χ3n) is 1.03. The standard InChI is InChI=1S/C9H19O3PS/c1-6-7-10-13(14,11-8(2)3)12-9(4)5/h6,8-9H,1,7H2,2-5H3. The third kappa shape index (κ3) is 6.68. The molecule has 0 amide bonds. The first kappa shape index (κ1) is 14.3. The second-order valence-corrected chi connectivity index (χ2v) is 6.26. The van der Waals surface area contributed by atoms with E-state index in [0.29, 0.717) is 6.61 Å². The van der Waals surface area contributed by atoms with E-state index in [0.717, 1.165) is 0 Å². The van der Waals surface area contributed by atoms with Gasteiger partial charge in [0.05, 0.1) is 18.8 Å². The fourth-order valence-electron chi connectivity index (χ4n) is 0.746. The Morgan fingerprint density at radius 3 is 1.93 bits per heavy atom. The third-order valence-corrected chi connectivity index (χ3v) is 3.69. The van der Waals surface area contributed by atoms with E-state index in [4.69, 9.17) is 25.4 Å². The maximum atomic E-state index is 5.48. The molecule has 0 aromatic carbocycles. The minimum absolute atomic E-state index is 0.00407. The van der Waals surface area contributed by atoms with Gasteiger partial charge in [0.25, 0.3) is 0 Å². The highest BCUT2D eigenvalue weighted by molar-refractivity contribution is 8.07. The molecule has 14 heavy (non-hydrogen) atoms. The molecular formula is C9H19O3PS. The summed E-state index contributed by atoms with van der Waals surface area (Å²) in [7, 11) is 0. The highest BCUT2D eigenvalue weighted by Crippen LogP contribution is 2.51. The lowest BCUT2D eigenvalue weighted by Gasteiger charge is -2.24. The lowest BCUT2D eigenvalue weighted by Crippen LogP contribution is -2.09. The van der Waals surface area contributed by atoms with E-state index in [1.54, 1.807) is 6.08 Å². The molecule has 0 saturated heterocycles. The Morgan fingerprint density at radius 2 is 1.64 bits per heavy atom. The van der Waals surface area contributed by atoms with Gasteiger partial charge in [-0.3, -0.25) is 0 Å². The first-order valence-corrected chi connectivity index (χ1v) is 7.17. The quantitative estimate of drug-likeness (QED) is 0.502. The number of hydrogen-bond acceptors (Lipinski definition) is 4. The van der Waals surface area contributed by atoms with Gasteiger partial charge in [0.15, 0.2) is 0 Å². The van der Waals surface area contributed by atoms with Gasteiger partial charge in [-0.05, 0) is 39.5 Å². The Labute approximate surface area is 91.7 Å². The van der Waals surface area contributed by atoms with Gasteiger partial charge in [-0.2, -0.15) is 0 Å². The monoisotopic (exact) mass is 238 g/mol. The van der Waals surface area contributed by atoms with E-state index < -0.39 is 6.72 Å². The van der Waals surface area contributed by atoms with Crippen molar-refractivity contribution in [1.82, 2.24) is 0 Å². The highest BCUT2D eigenvalue weighted by atomic mass is 32.5. The van der Waals surface area contributed by atoms with Crippen LogP contribution in [0.3, 0.4) is 0 Å². The summed E-state index contributed by atoms with van der Waals surface area (Å²) >= 11 is 5.22. The molecule has 0 aliphatic rings.